The molecule has 1 amide bonds. The number of carbonyl (C=O) groups excluding carboxylic acids is 1. The number of carbonyl (C=O) groups is 1. The second-order valence-electron chi connectivity index (χ2n) is 5.00. The Labute approximate surface area is 124 Å². The maximum atomic E-state index is 12.4. The van der Waals surface area contributed by atoms with Crippen LogP contribution in [-0.2, 0) is 9.53 Å². The first-order valence-corrected chi connectivity index (χ1v) is 7.04. The van der Waals surface area contributed by atoms with Crippen molar-refractivity contribution in [3.8, 4) is 11.5 Å². The maximum Gasteiger partial charge on any atom is 0.230 e. The summed E-state index contributed by atoms with van der Waals surface area (Å²) in [6.07, 6.45) is 1.53. The zero-order chi connectivity index (χ0) is 15.4. The predicted molar refractivity (Wildman–Crippen MR) is 80.7 cm³/mol. The third-order valence-electron chi connectivity index (χ3n) is 3.76. The second kappa shape index (κ2) is 6.67. The Morgan fingerprint density at radius 1 is 1.38 bits per heavy atom. The molecule has 2 rings (SSSR count). The molecule has 6 nitrogen and oxygen atoms in total. The topological polar surface area (TPSA) is 82.8 Å². The molecular formula is C15H22N2O4. The first-order chi connectivity index (χ1) is 10.1. The van der Waals surface area contributed by atoms with Gasteiger partial charge in [-0.3, -0.25) is 4.79 Å². The highest BCUT2D eigenvalue weighted by molar-refractivity contribution is 5.96. The lowest BCUT2D eigenvalue weighted by Crippen LogP contribution is -2.29. The summed E-state index contributed by atoms with van der Waals surface area (Å²) in [5, 5.41) is 2.86. The van der Waals surface area contributed by atoms with Crippen LogP contribution in [0.25, 0.3) is 0 Å². The maximum absolute atomic E-state index is 12.4. The molecule has 3 N–H and O–H groups in total. The molecule has 1 aromatic carbocycles. The number of amides is 1. The summed E-state index contributed by atoms with van der Waals surface area (Å²) in [7, 11) is 3.08. The average Bonchev–Trinajstić information content (AvgIpc) is 2.97. The number of rotatable bonds is 5. The minimum atomic E-state index is -0.137. The van der Waals surface area contributed by atoms with E-state index >= 15 is 0 Å². The van der Waals surface area contributed by atoms with E-state index in [1.54, 1.807) is 12.1 Å². The molecule has 116 valence electrons. The standard InChI is InChI=1S/C15H22N2O4/c1-4-12-9(5-6-21-12)15(18)17-11-8-14(20-3)13(19-2)7-10(11)16/h7-9,12H,4-6,16H2,1-3H3,(H,17,18). The summed E-state index contributed by atoms with van der Waals surface area (Å²) in [6.45, 7) is 2.64. The molecule has 1 heterocycles. The van der Waals surface area contributed by atoms with E-state index in [1.807, 2.05) is 6.92 Å². The van der Waals surface area contributed by atoms with Crippen molar-refractivity contribution in [1.82, 2.24) is 0 Å². The normalized spacial score (nSPS) is 21.1. The van der Waals surface area contributed by atoms with E-state index in [2.05, 4.69) is 5.32 Å². The third kappa shape index (κ3) is 3.21. The van der Waals surface area contributed by atoms with Gasteiger partial charge in [-0.05, 0) is 12.8 Å². The zero-order valence-electron chi connectivity index (χ0n) is 12.6. The largest absolute Gasteiger partial charge is 0.493 e. The van der Waals surface area contributed by atoms with Gasteiger partial charge in [-0.15, -0.1) is 0 Å². The summed E-state index contributed by atoms with van der Waals surface area (Å²) >= 11 is 0. The molecule has 0 aliphatic carbocycles. The van der Waals surface area contributed by atoms with Gasteiger partial charge >= 0.3 is 0 Å². The molecule has 1 saturated heterocycles. The molecule has 2 unspecified atom stereocenters. The van der Waals surface area contributed by atoms with Crippen LogP contribution < -0.4 is 20.5 Å². The van der Waals surface area contributed by atoms with Crippen LogP contribution in [0.2, 0.25) is 0 Å². The number of nitrogens with two attached hydrogens (primary N) is 1. The molecule has 1 aliphatic rings. The number of benzene rings is 1. The van der Waals surface area contributed by atoms with Gasteiger partial charge in [0.1, 0.15) is 0 Å². The highest BCUT2D eigenvalue weighted by Gasteiger charge is 2.33. The van der Waals surface area contributed by atoms with Crippen LogP contribution in [0.5, 0.6) is 11.5 Å². The summed E-state index contributed by atoms with van der Waals surface area (Å²) < 4.78 is 15.9. The summed E-state index contributed by atoms with van der Waals surface area (Å²) in [5.74, 6) is 0.848. The Morgan fingerprint density at radius 3 is 2.67 bits per heavy atom. The Kier molecular flexibility index (Phi) is 4.90. The second-order valence-corrected chi connectivity index (χ2v) is 5.00. The fourth-order valence-electron chi connectivity index (χ4n) is 2.58. The molecule has 0 saturated carbocycles. The molecular weight excluding hydrogens is 272 g/mol. The predicted octanol–water partition coefficient (Wildman–Crippen LogP) is 2.04. The van der Waals surface area contributed by atoms with Crippen LogP contribution in [0.15, 0.2) is 12.1 Å². The number of methoxy groups -OCH3 is 2. The minimum Gasteiger partial charge on any atom is -0.493 e. The molecule has 2 atom stereocenters. The van der Waals surface area contributed by atoms with E-state index in [-0.39, 0.29) is 17.9 Å². The smallest absolute Gasteiger partial charge is 0.230 e. The molecule has 1 aliphatic heterocycles. The molecule has 1 fully saturated rings. The lowest BCUT2D eigenvalue weighted by Gasteiger charge is -2.18. The highest BCUT2D eigenvalue weighted by atomic mass is 16.5. The number of hydrogen-bond donors (Lipinski definition) is 2. The van der Waals surface area contributed by atoms with Gasteiger partial charge in [0.15, 0.2) is 11.5 Å². The highest BCUT2D eigenvalue weighted by Crippen LogP contribution is 2.35. The van der Waals surface area contributed by atoms with Gasteiger partial charge in [0, 0.05) is 18.7 Å². The van der Waals surface area contributed by atoms with Gasteiger partial charge in [-0.2, -0.15) is 0 Å². The molecule has 0 aromatic heterocycles. The van der Waals surface area contributed by atoms with E-state index in [9.17, 15) is 4.79 Å². The van der Waals surface area contributed by atoms with Gasteiger partial charge in [0.05, 0.1) is 37.6 Å². The minimum absolute atomic E-state index is 0.0219. The summed E-state index contributed by atoms with van der Waals surface area (Å²) in [5.41, 5.74) is 6.92. The van der Waals surface area contributed by atoms with Crippen LogP contribution in [-0.4, -0.2) is 32.8 Å². The summed E-state index contributed by atoms with van der Waals surface area (Å²) in [6, 6.07) is 3.31. The zero-order valence-corrected chi connectivity index (χ0v) is 12.6. The van der Waals surface area contributed by atoms with Crippen molar-refractivity contribution in [3.63, 3.8) is 0 Å². The monoisotopic (exact) mass is 294 g/mol. The molecule has 1 aromatic rings. The molecule has 0 radical (unpaired) electrons. The lowest BCUT2D eigenvalue weighted by atomic mass is 9.98. The van der Waals surface area contributed by atoms with Crippen molar-refractivity contribution >= 4 is 17.3 Å². The number of ether oxygens (including phenoxy) is 3. The SMILES string of the molecule is CCC1OCCC1C(=O)Nc1cc(OC)c(OC)cc1N. The third-order valence-corrected chi connectivity index (χ3v) is 3.76. The van der Waals surface area contributed by atoms with Gasteiger partial charge in [0.25, 0.3) is 0 Å². The number of nitrogens with one attached hydrogen (secondary N) is 1. The molecule has 0 bridgehead atoms. The van der Waals surface area contributed by atoms with Gasteiger partial charge < -0.3 is 25.3 Å². The van der Waals surface area contributed by atoms with Gasteiger partial charge in [0.2, 0.25) is 5.91 Å². The van der Waals surface area contributed by atoms with E-state index in [0.29, 0.717) is 29.5 Å². The van der Waals surface area contributed by atoms with Crippen molar-refractivity contribution in [2.24, 2.45) is 5.92 Å². The van der Waals surface area contributed by atoms with Crippen LogP contribution in [0, 0.1) is 5.92 Å². The van der Waals surface area contributed by atoms with Gasteiger partial charge in [-0.1, -0.05) is 6.92 Å². The van der Waals surface area contributed by atoms with E-state index in [1.165, 1.54) is 14.2 Å². The van der Waals surface area contributed by atoms with Crippen LogP contribution >= 0.6 is 0 Å². The van der Waals surface area contributed by atoms with Crippen LogP contribution in [0.3, 0.4) is 0 Å². The van der Waals surface area contributed by atoms with E-state index in [0.717, 1.165) is 12.8 Å². The number of nitrogen functional groups attached to an aromatic ring is 1. The van der Waals surface area contributed by atoms with Crippen molar-refractivity contribution in [3.05, 3.63) is 12.1 Å². The molecule has 6 heteroatoms. The van der Waals surface area contributed by atoms with Crippen molar-refractivity contribution in [2.45, 2.75) is 25.9 Å². The van der Waals surface area contributed by atoms with Crippen LogP contribution in [0.4, 0.5) is 11.4 Å². The van der Waals surface area contributed by atoms with E-state index < -0.39 is 0 Å². The number of hydrogen-bond acceptors (Lipinski definition) is 5. The van der Waals surface area contributed by atoms with Crippen molar-refractivity contribution in [2.75, 3.05) is 31.9 Å². The first-order valence-electron chi connectivity index (χ1n) is 7.04. The fourth-order valence-corrected chi connectivity index (χ4v) is 2.58. The Morgan fingerprint density at radius 2 is 2.05 bits per heavy atom. The average molecular weight is 294 g/mol. The molecule has 0 spiro atoms. The quantitative estimate of drug-likeness (QED) is 0.812. The molecule has 21 heavy (non-hydrogen) atoms. The van der Waals surface area contributed by atoms with Gasteiger partial charge in [-0.25, -0.2) is 0 Å². The number of anilines is 2. The van der Waals surface area contributed by atoms with Crippen molar-refractivity contribution in [1.29, 1.82) is 0 Å². The Bertz CT molecular complexity index is 519. The summed E-state index contributed by atoms with van der Waals surface area (Å²) in [4.78, 5) is 12.4. The first kappa shape index (κ1) is 15.4. The van der Waals surface area contributed by atoms with E-state index in [4.69, 9.17) is 19.9 Å². The fraction of sp³-hybridized carbons (Fsp3) is 0.533. The Balaban J connectivity index is 2.17. The Hall–Kier alpha value is -1.95. The van der Waals surface area contributed by atoms with Crippen molar-refractivity contribution < 1.29 is 19.0 Å². The van der Waals surface area contributed by atoms with Crippen LogP contribution in [0.1, 0.15) is 19.8 Å². The lowest BCUT2D eigenvalue weighted by molar-refractivity contribution is -0.121.